The van der Waals surface area contributed by atoms with Gasteiger partial charge in [-0.25, -0.2) is 0 Å². The second-order valence-electron chi connectivity index (χ2n) is 5.44. The molecule has 2 aromatic carbocycles. The largest absolute Gasteiger partial charge is 0.0837 e. The summed E-state index contributed by atoms with van der Waals surface area (Å²) in [5.41, 5.74) is 3.85. The van der Waals surface area contributed by atoms with E-state index in [4.69, 9.17) is 11.6 Å². The summed E-state index contributed by atoms with van der Waals surface area (Å²) in [5, 5.41) is 0.853. The van der Waals surface area contributed by atoms with E-state index in [1.807, 2.05) is 6.07 Å². The Balaban J connectivity index is 1.96. The molecule has 0 heterocycles. The fraction of sp³-hybridized carbons (Fsp3) is 0.333. The van der Waals surface area contributed by atoms with Crippen LogP contribution >= 0.6 is 11.6 Å². The van der Waals surface area contributed by atoms with Crippen molar-refractivity contribution in [2.75, 3.05) is 0 Å². The lowest BCUT2D eigenvalue weighted by molar-refractivity contribution is 0.444. The van der Waals surface area contributed by atoms with Gasteiger partial charge in [-0.05, 0) is 42.0 Å². The van der Waals surface area contributed by atoms with Gasteiger partial charge in [0.15, 0.2) is 0 Å². The summed E-state index contributed by atoms with van der Waals surface area (Å²) in [5.74, 6) is 0.730. The van der Waals surface area contributed by atoms with Crippen molar-refractivity contribution in [1.82, 2.24) is 0 Å². The highest BCUT2D eigenvalue weighted by molar-refractivity contribution is 6.33. The van der Waals surface area contributed by atoms with Crippen LogP contribution in [0.1, 0.15) is 43.6 Å². The van der Waals surface area contributed by atoms with Crippen LogP contribution in [0.5, 0.6) is 0 Å². The molecule has 1 fully saturated rings. The van der Waals surface area contributed by atoms with Gasteiger partial charge in [-0.2, -0.15) is 0 Å². The molecule has 2 aromatic rings. The van der Waals surface area contributed by atoms with Crippen molar-refractivity contribution >= 4 is 11.6 Å². The number of hydrogen-bond acceptors (Lipinski definition) is 0. The van der Waals surface area contributed by atoms with Gasteiger partial charge in [0.1, 0.15) is 0 Å². The van der Waals surface area contributed by atoms with E-state index in [1.54, 1.807) is 0 Å². The van der Waals surface area contributed by atoms with Crippen LogP contribution in [0.3, 0.4) is 0 Å². The summed E-state index contributed by atoms with van der Waals surface area (Å²) in [7, 11) is 0. The zero-order valence-electron chi connectivity index (χ0n) is 11.1. The van der Waals surface area contributed by atoms with E-state index in [9.17, 15) is 0 Å². The Hall–Kier alpha value is -1.27. The van der Waals surface area contributed by atoms with Crippen LogP contribution in [0.4, 0.5) is 0 Å². The van der Waals surface area contributed by atoms with Crippen molar-refractivity contribution in [1.29, 1.82) is 0 Å². The van der Waals surface area contributed by atoms with Gasteiger partial charge in [0.25, 0.3) is 0 Å². The molecule has 0 nitrogen and oxygen atoms in total. The summed E-state index contributed by atoms with van der Waals surface area (Å²) in [6, 6.07) is 17.0. The molecule has 98 valence electrons. The number of rotatable bonds is 2. The third-order valence-electron chi connectivity index (χ3n) is 4.15. The van der Waals surface area contributed by atoms with Crippen molar-refractivity contribution in [3.05, 3.63) is 59.1 Å². The third kappa shape index (κ3) is 2.84. The molecular formula is C18H19Cl. The minimum atomic E-state index is 0.730. The molecule has 1 heteroatoms. The van der Waals surface area contributed by atoms with Crippen molar-refractivity contribution in [2.45, 2.75) is 38.0 Å². The van der Waals surface area contributed by atoms with Gasteiger partial charge in [-0.3, -0.25) is 0 Å². The summed E-state index contributed by atoms with van der Waals surface area (Å²) < 4.78 is 0. The van der Waals surface area contributed by atoms with Gasteiger partial charge >= 0.3 is 0 Å². The SMILES string of the molecule is Clc1ccc(C2CCCCC2)cc1-c1ccccc1. The van der Waals surface area contributed by atoms with E-state index in [-0.39, 0.29) is 0 Å². The highest BCUT2D eigenvalue weighted by Crippen LogP contribution is 2.36. The molecule has 0 aliphatic heterocycles. The topological polar surface area (TPSA) is 0 Å². The standard InChI is InChI=1S/C18H19Cl/c19-18-12-11-16(14-7-3-1-4-8-14)13-17(18)15-9-5-2-6-10-15/h2,5-6,9-14H,1,3-4,7-8H2. The van der Waals surface area contributed by atoms with Crippen LogP contribution < -0.4 is 0 Å². The molecule has 19 heavy (non-hydrogen) atoms. The average molecular weight is 271 g/mol. The molecule has 0 atom stereocenters. The first-order valence-electron chi connectivity index (χ1n) is 7.19. The van der Waals surface area contributed by atoms with E-state index in [0.717, 1.165) is 10.9 Å². The van der Waals surface area contributed by atoms with E-state index >= 15 is 0 Å². The van der Waals surface area contributed by atoms with E-state index in [2.05, 4.69) is 42.5 Å². The van der Waals surface area contributed by atoms with Crippen LogP contribution in [0, 0.1) is 0 Å². The van der Waals surface area contributed by atoms with Crippen LogP contribution in [-0.4, -0.2) is 0 Å². The number of benzene rings is 2. The Morgan fingerprint density at radius 3 is 2.32 bits per heavy atom. The first-order chi connectivity index (χ1) is 9.34. The van der Waals surface area contributed by atoms with Crippen LogP contribution in [-0.2, 0) is 0 Å². The average Bonchev–Trinajstić information content (AvgIpc) is 2.49. The second-order valence-corrected chi connectivity index (χ2v) is 5.85. The highest BCUT2D eigenvalue weighted by Gasteiger charge is 2.16. The zero-order valence-corrected chi connectivity index (χ0v) is 11.9. The lowest BCUT2D eigenvalue weighted by atomic mass is 9.83. The van der Waals surface area contributed by atoms with Gasteiger partial charge in [0.05, 0.1) is 0 Å². The Morgan fingerprint density at radius 2 is 1.58 bits per heavy atom. The predicted molar refractivity (Wildman–Crippen MR) is 82.7 cm³/mol. The molecule has 0 aromatic heterocycles. The van der Waals surface area contributed by atoms with Crippen LogP contribution in [0.25, 0.3) is 11.1 Å². The Labute approximate surface area is 120 Å². The molecule has 0 spiro atoms. The Bertz CT molecular complexity index is 539. The fourth-order valence-corrected chi connectivity index (χ4v) is 3.30. The van der Waals surface area contributed by atoms with Crippen molar-refractivity contribution in [2.24, 2.45) is 0 Å². The molecule has 0 unspecified atom stereocenters. The molecular weight excluding hydrogens is 252 g/mol. The first kappa shape index (κ1) is 12.7. The normalized spacial score (nSPS) is 16.5. The summed E-state index contributed by atoms with van der Waals surface area (Å²) in [4.78, 5) is 0. The number of halogens is 1. The summed E-state index contributed by atoms with van der Waals surface area (Å²) in [6.07, 6.45) is 6.79. The quantitative estimate of drug-likeness (QED) is 0.623. The maximum Gasteiger partial charge on any atom is 0.0484 e. The Morgan fingerprint density at radius 1 is 0.842 bits per heavy atom. The molecule has 0 amide bonds. The molecule has 1 aliphatic rings. The maximum absolute atomic E-state index is 6.37. The molecule has 0 N–H and O–H groups in total. The van der Waals surface area contributed by atoms with Crippen molar-refractivity contribution in [3.8, 4) is 11.1 Å². The first-order valence-corrected chi connectivity index (χ1v) is 7.57. The predicted octanol–water partition coefficient (Wildman–Crippen LogP) is 6.05. The van der Waals surface area contributed by atoms with Crippen LogP contribution in [0.2, 0.25) is 5.02 Å². The number of hydrogen-bond donors (Lipinski definition) is 0. The Kier molecular flexibility index (Phi) is 3.89. The monoisotopic (exact) mass is 270 g/mol. The molecule has 0 radical (unpaired) electrons. The van der Waals surface area contributed by atoms with Gasteiger partial charge < -0.3 is 0 Å². The lowest BCUT2D eigenvalue weighted by Gasteiger charge is -2.22. The molecule has 0 bridgehead atoms. The maximum atomic E-state index is 6.37. The van der Waals surface area contributed by atoms with E-state index in [0.29, 0.717) is 0 Å². The van der Waals surface area contributed by atoms with Gasteiger partial charge in [-0.1, -0.05) is 67.3 Å². The van der Waals surface area contributed by atoms with Crippen molar-refractivity contribution in [3.63, 3.8) is 0 Å². The smallest absolute Gasteiger partial charge is 0.0484 e. The molecule has 3 rings (SSSR count). The van der Waals surface area contributed by atoms with Crippen LogP contribution in [0.15, 0.2) is 48.5 Å². The van der Waals surface area contributed by atoms with E-state index in [1.165, 1.54) is 48.8 Å². The molecule has 1 aliphatic carbocycles. The van der Waals surface area contributed by atoms with Crippen molar-refractivity contribution < 1.29 is 0 Å². The van der Waals surface area contributed by atoms with Gasteiger partial charge in [0.2, 0.25) is 0 Å². The van der Waals surface area contributed by atoms with E-state index < -0.39 is 0 Å². The molecule has 0 saturated heterocycles. The molecule has 1 saturated carbocycles. The third-order valence-corrected chi connectivity index (χ3v) is 4.48. The summed E-state index contributed by atoms with van der Waals surface area (Å²) in [6.45, 7) is 0. The second kappa shape index (κ2) is 5.79. The minimum Gasteiger partial charge on any atom is -0.0837 e. The lowest BCUT2D eigenvalue weighted by Crippen LogP contribution is -2.04. The van der Waals surface area contributed by atoms with Gasteiger partial charge in [0, 0.05) is 10.6 Å². The van der Waals surface area contributed by atoms with Gasteiger partial charge in [-0.15, -0.1) is 0 Å². The fourth-order valence-electron chi connectivity index (χ4n) is 3.07. The summed E-state index contributed by atoms with van der Waals surface area (Å²) >= 11 is 6.37. The minimum absolute atomic E-state index is 0.730. The zero-order chi connectivity index (χ0) is 13.1. The highest BCUT2D eigenvalue weighted by atomic mass is 35.5.